The van der Waals surface area contributed by atoms with Crippen LogP contribution in [0, 0.1) is 28.6 Å². The number of ether oxygens (including phenoxy) is 3. The van der Waals surface area contributed by atoms with Gasteiger partial charge in [0.1, 0.15) is 5.60 Å². The minimum atomic E-state index is -1.33. The van der Waals surface area contributed by atoms with E-state index in [2.05, 4.69) is 6.92 Å². The molecule has 0 saturated heterocycles. The number of aliphatic hydroxyl groups is 1. The van der Waals surface area contributed by atoms with Crippen LogP contribution in [0.3, 0.4) is 0 Å². The van der Waals surface area contributed by atoms with Gasteiger partial charge in [-0.15, -0.1) is 0 Å². The lowest BCUT2D eigenvalue weighted by atomic mass is 9.45. The van der Waals surface area contributed by atoms with Gasteiger partial charge in [-0.25, -0.2) is 0 Å². The van der Waals surface area contributed by atoms with E-state index in [0.29, 0.717) is 19.3 Å². The summed E-state index contributed by atoms with van der Waals surface area (Å²) in [7, 11) is 2.87. The van der Waals surface area contributed by atoms with Gasteiger partial charge in [-0.05, 0) is 67.8 Å². The molecular weight excluding hydrogens is 412 g/mol. The molecule has 0 heterocycles. The molecule has 7 nitrogen and oxygen atoms in total. The molecule has 4 aliphatic rings. The molecule has 3 fully saturated rings. The van der Waals surface area contributed by atoms with Crippen molar-refractivity contribution in [2.24, 2.45) is 28.6 Å². The number of Topliss-reactive ketones (excluding diaryl/α,β-unsaturated/α-hetero) is 1. The van der Waals surface area contributed by atoms with Crippen molar-refractivity contribution in [1.29, 1.82) is 0 Å². The number of esters is 1. The van der Waals surface area contributed by atoms with E-state index in [-0.39, 0.29) is 34.7 Å². The molecule has 0 radical (unpaired) electrons. The van der Waals surface area contributed by atoms with Crippen molar-refractivity contribution in [3.8, 4) is 0 Å². The summed E-state index contributed by atoms with van der Waals surface area (Å²) < 4.78 is 16.4. The zero-order chi connectivity index (χ0) is 23.5. The Labute approximate surface area is 189 Å². The number of allylic oxidation sites excluding steroid dienone is 1. The first-order chi connectivity index (χ1) is 15.0. The smallest absolute Gasteiger partial charge is 0.305 e. The van der Waals surface area contributed by atoms with E-state index in [1.165, 1.54) is 26.7 Å². The normalized spacial score (nSPS) is 44.1. The Morgan fingerprint density at radius 2 is 1.88 bits per heavy atom. The lowest BCUT2D eigenvalue weighted by Gasteiger charge is -2.61. The molecule has 7 heteroatoms. The van der Waals surface area contributed by atoms with Gasteiger partial charge in [-0.1, -0.05) is 19.4 Å². The number of aliphatic hydroxyl groups excluding tert-OH is 1. The summed E-state index contributed by atoms with van der Waals surface area (Å²) in [5.74, 6) is -0.315. The van der Waals surface area contributed by atoms with E-state index in [1.54, 1.807) is 0 Å². The topological polar surface area (TPSA) is 99.1 Å². The second-order valence-corrected chi connectivity index (χ2v) is 10.7. The van der Waals surface area contributed by atoms with Crippen molar-refractivity contribution >= 4 is 17.5 Å². The second kappa shape index (κ2) is 8.03. The third-order valence-corrected chi connectivity index (χ3v) is 9.46. The third-order valence-electron chi connectivity index (χ3n) is 9.46. The van der Waals surface area contributed by atoms with Crippen molar-refractivity contribution in [3.05, 3.63) is 11.6 Å². The van der Waals surface area contributed by atoms with Gasteiger partial charge >= 0.3 is 5.97 Å². The number of methoxy groups -OCH3 is 2. The number of carbonyl (C=O) groups is 3. The lowest BCUT2D eigenvalue weighted by Crippen LogP contribution is -2.63. The van der Waals surface area contributed by atoms with Crippen LogP contribution in [0.15, 0.2) is 11.6 Å². The van der Waals surface area contributed by atoms with Crippen molar-refractivity contribution in [2.45, 2.75) is 83.7 Å². The summed E-state index contributed by atoms with van der Waals surface area (Å²) >= 11 is 0. The van der Waals surface area contributed by atoms with E-state index in [1.807, 2.05) is 13.0 Å². The largest absolute Gasteiger partial charge is 0.428 e. The molecule has 0 amide bonds. The van der Waals surface area contributed by atoms with Crippen molar-refractivity contribution in [1.82, 2.24) is 0 Å². The predicted octanol–water partition coefficient (Wildman–Crippen LogP) is 2.98. The Balaban J connectivity index is 1.71. The van der Waals surface area contributed by atoms with Crippen LogP contribution >= 0.6 is 0 Å². The summed E-state index contributed by atoms with van der Waals surface area (Å²) in [6.07, 6.45) is 4.63. The maximum absolute atomic E-state index is 13.7. The summed E-state index contributed by atoms with van der Waals surface area (Å²) in [6.45, 7) is 5.50. The van der Waals surface area contributed by atoms with E-state index >= 15 is 0 Å². The highest BCUT2D eigenvalue weighted by molar-refractivity contribution is 5.93. The SMILES string of the molecule is COC(OC(C)=O)C(=O)[C@@]1(OC)CC[C@H]2[C@@H]3CCC4=CC(=O)CC[C@]4(C)[C@H]3[C@@H](O)C[C@@]21C. The molecule has 0 aliphatic heterocycles. The zero-order valence-corrected chi connectivity index (χ0v) is 19.8. The number of fused-ring (bicyclic) bond motifs is 5. The van der Waals surface area contributed by atoms with Crippen LogP contribution in [0.25, 0.3) is 0 Å². The molecule has 8 atom stereocenters. The summed E-state index contributed by atoms with van der Waals surface area (Å²) in [5.41, 5.74) is -0.816. The number of carbonyl (C=O) groups excluding carboxylic acids is 3. The van der Waals surface area contributed by atoms with Crippen LogP contribution in [0.4, 0.5) is 0 Å². The van der Waals surface area contributed by atoms with Crippen LogP contribution in [0.2, 0.25) is 0 Å². The van der Waals surface area contributed by atoms with Gasteiger partial charge in [-0.2, -0.15) is 0 Å². The molecule has 3 saturated carbocycles. The summed E-state index contributed by atoms with van der Waals surface area (Å²) in [5, 5.41) is 11.5. The molecule has 0 aromatic carbocycles. The number of rotatable bonds is 5. The summed E-state index contributed by atoms with van der Waals surface area (Å²) in [4.78, 5) is 37.3. The van der Waals surface area contributed by atoms with Gasteiger partial charge in [-0.3, -0.25) is 14.4 Å². The Morgan fingerprint density at radius 3 is 2.50 bits per heavy atom. The van der Waals surface area contributed by atoms with Gasteiger partial charge < -0.3 is 19.3 Å². The fraction of sp³-hybridized carbons (Fsp3) is 0.800. The highest BCUT2D eigenvalue weighted by atomic mass is 16.7. The van der Waals surface area contributed by atoms with Crippen LogP contribution in [-0.4, -0.2) is 54.9 Å². The van der Waals surface area contributed by atoms with Crippen LogP contribution in [-0.2, 0) is 28.6 Å². The van der Waals surface area contributed by atoms with Crippen molar-refractivity contribution in [2.75, 3.05) is 14.2 Å². The molecule has 0 bridgehead atoms. The van der Waals surface area contributed by atoms with Crippen LogP contribution < -0.4 is 0 Å². The number of ketones is 2. The van der Waals surface area contributed by atoms with Crippen molar-refractivity contribution in [3.63, 3.8) is 0 Å². The maximum Gasteiger partial charge on any atom is 0.305 e. The Hall–Kier alpha value is -1.57. The van der Waals surface area contributed by atoms with Crippen LogP contribution in [0.1, 0.15) is 65.7 Å². The molecule has 1 N–H and O–H groups in total. The first-order valence-corrected chi connectivity index (χ1v) is 11.8. The maximum atomic E-state index is 13.7. The van der Waals surface area contributed by atoms with E-state index in [4.69, 9.17) is 14.2 Å². The number of hydrogen-bond donors (Lipinski definition) is 1. The quantitative estimate of drug-likeness (QED) is 0.510. The molecule has 178 valence electrons. The third kappa shape index (κ3) is 3.15. The van der Waals surface area contributed by atoms with Crippen LogP contribution in [0.5, 0.6) is 0 Å². The Morgan fingerprint density at radius 1 is 1.16 bits per heavy atom. The standard InChI is InChI=1S/C25H36O7/c1-14(26)32-22(30-4)21(29)25(31-5)11-9-18-17-7-6-15-12-16(27)8-10-23(15,2)20(17)19(28)13-24(18,25)3/h12,17-20,22,28H,6-11,13H2,1-5H3/t17-,18-,19-,20+,22?,23-,24-,25-/m0/s1. The molecule has 1 unspecified atom stereocenters. The Kier molecular flexibility index (Phi) is 5.92. The second-order valence-electron chi connectivity index (χ2n) is 10.7. The molecular formula is C25H36O7. The van der Waals surface area contributed by atoms with Gasteiger partial charge in [0, 0.05) is 33.0 Å². The fourth-order valence-electron chi connectivity index (χ4n) is 8.07. The van der Waals surface area contributed by atoms with E-state index in [9.17, 15) is 19.5 Å². The molecule has 4 rings (SSSR count). The van der Waals surface area contributed by atoms with E-state index < -0.39 is 29.4 Å². The Bertz CT molecular complexity index is 849. The zero-order valence-electron chi connectivity index (χ0n) is 19.8. The first kappa shape index (κ1) is 23.6. The lowest BCUT2D eigenvalue weighted by molar-refractivity contribution is -0.212. The first-order valence-electron chi connectivity index (χ1n) is 11.8. The summed E-state index contributed by atoms with van der Waals surface area (Å²) in [6, 6.07) is 0. The average molecular weight is 449 g/mol. The monoisotopic (exact) mass is 448 g/mol. The molecule has 0 aromatic heterocycles. The van der Waals surface area contributed by atoms with E-state index in [0.717, 1.165) is 25.7 Å². The van der Waals surface area contributed by atoms with Gasteiger partial charge in [0.25, 0.3) is 6.29 Å². The minimum absolute atomic E-state index is 0.0584. The van der Waals surface area contributed by atoms with Gasteiger partial charge in [0.2, 0.25) is 5.78 Å². The fourth-order valence-corrected chi connectivity index (χ4v) is 8.07. The predicted molar refractivity (Wildman–Crippen MR) is 115 cm³/mol. The number of hydrogen-bond acceptors (Lipinski definition) is 7. The van der Waals surface area contributed by atoms with Gasteiger partial charge in [0.15, 0.2) is 5.78 Å². The molecule has 32 heavy (non-hydrogen) atoms. The average Bonchev–Trinajstić information content (AvgIpc) is 3.04. The molecule has 0 aromatic rings. The molecule has 4 aliphatic carbocycles. The minimum Gasteiger partial charge on any atom is -0.428 e. The van der Waals surface area contributed by atoms with Crippen molar-refractivity contribution < 1.29 is 33.7 Å². The molecule has 0 spiro atoms. The highest BCUT2D eigenvalue weighted by Crippen LogP contribution is 2.68. The van der Waals surface area contributed by atoms with Gasteiger partial charge in [0.05, 0.1) is 6.10 Å². The highest BCUT2D eigenvalue weighted by Gasteiger charge is 2.70.